The normalized spacial score (nSPS) is 11.3. The van der Waals surface area contributed by atoms with Crippen LogP contribution in [0.25, 0.3) is 0 Å². The first-order valence-electron chi connectivity index (χ1n) is 4.78. The summed E-state index contributed by atoms with van der Waals surface area (Å²) in [7, 11) is 1.50. The molecule has 0 aromatic rings. The topological polar surface area (TPSA) is 55.4 Å². The Morgan fingerprint density at radius 3 is 2.53 bits per heavy atom. The molecule has 0 heterocycles. The van der Waals surface area contributed by atoms with Gasteiger partial charge in [-0.1, -0.05) is 12.2 Å². The fourth-order valence-electron chi connectivity index (χ4n) is 0.959. The summed E-state index contributed by atoms with van der Waals surface area (Å²) in [5.74, 6) is -0.716. The van der Waals surface area contributed by atoms with Gasteiger partial charge < -0.3 is 10.1 Å². The summed E-state index contributed by atoms with van der Waals surface area (Å²) in [6, 6.07) is 0. The second-order valence-corrected chi connectivity index (χ2v) is 2.94. The maximum Gasteiger partial charge on any atom is 0.306 e. The molecule has 0 saturated carbocycles. The van der Waals surface area contributed by atoms with E-state index in [1.165, 1.54) is 7.05 Å². The Hall–Kier alpha value is -1.58. The molecule has 0 aromatic carbocycles. The summed E-state index contributed by atoms with van der Waals surface area (Å²) in [6.45, 7) is 7.00. The lowest BCUT2D eigenvalue weighted by atomic mass is 10.2. The average Bonchev–Trinajstić information content (AvgIpc) is 2.24. The summed E-state index contributed by atoms with van der Waals surface area (Å²) in [5, 5.41) is 2.43. The van der Waals surface area contributed by atoms with E-state index in [-0.39, 0.29) is 12.3 Å². The van der Waals surface area contributed by atoms with Crippen LogP contribution in [0.2, 0.25) is 0 Å². The van der Waals surface area contributed by atoms with Crippen molar-refractivity contribution in [1.82, 2.24) is 5.32 Å². The van der Waals surface area contributed by atoms with Crippen molar-refractivity contribution in [1.29, 1.82) is 0 Å². The molecule has 0 aromatic heterocycles. The fraction of sp³-hybridized carbons (Fsp3) is 0.455. The number of rotatable bonds is 7. The Labute approximate surface area is 90.0 Å². The van der Waals surface area contributed by atoms with Gasteiger partial charge in [-0.2, -0.15) is 0 Å². The number of ether oxygens (including phenoxy) is 1. The van der Waals surface area contributed by atoms with E-state index in [1.807, 2.05) is 0 Å². The third-order valence-electron chi connectivity index (χ3n) is 1.75. The van der Waals surface area contributed by atoms with E-state index in [0.29, 0.717) is 12.8 Å². The van der Waals surface area contributed by atoms with Gasteiger partial charge in [0.05, 0.1) is 0 Å². The van der Waals surface area contributed by atoms with Crippen LogP contribution in [0.15, 0.2) is 25.3 Å². The molecule has 0 aliphatic carbocycles. The second-order valence-electron chi connectivity index (χ2n) is 2.94. The lowest BCUT2D eigenvalue weighted by molar-refractivity contribution is -0.155. The lowest BCUT2D eigenvalue weighted by Gasteiger charge is -2.14. The monoisotopic (exact) mass is 211 g/mol. The van der Waals surface area contributed by atoms with E-state index in [9.17, 15) is 9.59 Å². The predicted octanol–water partition coefficient (Wildman–Crippen LogP) is 1.19. The van der Waals surface area contributed by atoms with Gasteiger partial charge in [-0.3, -0.25) is 9.59 Å². The van der Waals surface area contributed by atoms with Gasteiger partial charge in [-0.25, -0.2) is 0 Å². The minimum absolute atomic E-state index is 0.244. The molecule has 1 amide bonds. The molecule has 0 saturated heterocycles. The molecule has 0 fully saturated rings. The van der Waals surface area contributed by atoms with Crippen LogP contribution in [0.4, 0.5) is 0 Å². The van der Waals surface area contributed by atoms with Crippen molar-refractivity contribution in [3.63, 3.8) is 0 Å². The van der Waals surface area contributed by atoms with Gasteiger partial charge in [0.25, 0.3) is 5.91 Å². The van der Waals surface area contributed by atoms with Crippen LogP contribution < -0.4 is 5.32 Å². The molecule has 0 aliphatic rings. The largest absolute Gasteiger partial charge is 0.452 e. The van der Waals surface area contributed by atoms with Crippen molar-refractivity contribution in [2.45, 2.75) is 25.4 Å². The van der Waals surface area contributed by atoms with Crippen LogP contribution in [0.1, 0.15) is 19.3 Å². The Morgan fingerprint density at radius 2 is 2.07 bits per heavy atom. The van der Waals surface area contributed by atoms with Gasteiger partial charge in [0.15, 0.2) is 6.10 Å². The van der Waals surface area contributed by atoms with Gasteiger partial charge >= 0.3 is 5.97 Å². The van der Waals surface area contributed by atoms with E-state index >= 15 is 0 Å². The minimum Gasteiger partial charge on any atom is -0.452 e. The summed E-state index contributed by atoms with van der Waals surface area (Å²) in [4.78, 5) is 22.5. The number of amides is 1. The maximum atomic E-state index is 11.3. The quantitative estimate of drug-likeness (QED) is 0.508. The highest BCUT2D eigenvalue weighted by atomic mass is 16.5. The number of nitrogens with one attached hydrogen (secondary N) is 1. The van der Waals surface area contributed by atoms with E-state index < -0.39 is 12.1 Å². The van der Waals surface area contributed by atoms with Crippen molar-refractivity contribution < 1.29 is 14.3 Å². The Bertz CT molecular complexity index is 248. The first-order chi connectivity index (χ1) is 7.15. The molecule has 0 aliphatic heterocycles. The highest BCUT2D eigenvalue weighted by Crippen LogP contribution is 2.03. The third-order valence-corrected chi connectivity index (χ3v) is 1.75. The maximum absolute atomic E-state index is 11.3. The summed E-state index contributed by atoms with van der Waals surface area (Å²) in [6.07, 6.45) is 3.51. The zero-order chi connectivity index (χ0) is 11.7. The standard InChI is InChI=1S/C11H17NO3/c1-4-6-8-10(13)15-9(7-5-2)11(14)12-3/h4-5,9H,1-2,6-8H2,3H3,(H,12,14). The molecule has 0 radical (unpaired) electrons. The zero-order valence-electron chi connectivity index (χ0n) is 8.99. The first kappa shape index (κ1) is 13.4. The minimum atomic E-state index is -0.773. The summed E-state index contributed by atoms with van der Waals surface area (Å²) < 4.78 is 4.98. The molecule has 1 atom stereocenters. The van der Waals surface area contributed by atoms with E-state index in [1.54, 1.807) is 12.2 Å². The van der Waals surface area contributed by atoms with Gasteiger partial charge in [0.2, 0.25) is 0 Å². The molecule has 1 unspecified atom stereocenters. The molecule has 0 bridgehead atoms. The number of likely N-dealkylation sites (N-methyl/N-ethyl adjacent to an activating group) is 1. The van der Waals surface area contributed by atoms with E-state index in [2.05, 4.69) is 18.5 Å². The fourth-order valence-corrected chi connectivity index (χ4v) is 0.959. The van der Waals surface area contributed by atoms with Crippen molar-refractivity contribution in [2.75, 3.05) is 7.05 Å². The van der Waals surface area contributed by atoms with Crippen LogP contribution in [-0.2, 0) is 14.3 Å². The Morgan fingerprint density at radius 1 is 1.40 bits per heavy atom. The van der Waals surface area contributed by atoms with Crippen LogP contribution in [0, 0.1) is 0 Å². The number of hydrogen-bond donors (Lipinski definition) is 1. The molecule has 1 N–H and O–H groups in total. The Kier molecular flexibility index (Phi) is 6.97. The van der Waals surface area contributed by atoms with Gasteiger partial charge in [0.1, 0.15) is 0 Å². The predicted molar refractivity (Wildman–Crippen MR) is 58.2 cm³/mol. The van der Waals surface area contributed by atoms with Crippen LogP contribution in [-0.4, -0.2) is 25.0 Å². The number of carbonyl (C=O) groups is 2. The number of carbonyl (C=O) groups excluding carboxylic acids is 2. The molecule has 0 rings (SSSR count). The highest BCUT2D eigenvalue weighted by Gasteiger charge is 2.19. The number of allylic oxidation sites excluding steroid dienone is 1. The number of esters is 1. The molecule has 4 heteroatoms. The van der Waals surface area contributed by atoms with Gasteiger partial charge in [0, 0.05) is 19.9 Å². The first-order valence-corrected chi connectivity index (χ1v) is 4.78. The van der Waals surface area contributed by atoms with E-state index in [4.69, 9.17) is 4.74 Å². The van der Waals surface area contributed by atoms with Crippen LogP contribution in [0.3, 0.4) is 0 Å². The van der Waals surface area contributed by atoms with Crippen molar-refractivity contribution in [3.8, 4) is 0 Å². The summed E-state index contributed by atoms with van der Waals surface area (Å²) >= 11 is 0. The van der Waals surface area contributed by atoms with Crippen molar-refractivity contribution >= 4 is 11.9 Å². The molecule has 84 valence electrons. The SMILES string of the molecule is C=CCCC(=O)OC(CC=C)C(=O)NC. The smallest absolute Gasteiger partial charge is 0.306 e. The van der Waals surface area contributed by atoms with E-state index in [0.717, 1.165) is 0 Å². The number of hydrogen-bond acceptors (Lipinski definition) is 3. The molecule has 15 heavy (non-hydrogen) atoms. The van der Waals surface area contributed by atoms with Gasteiger partial charge in [-0.05, 0) is 6.42 Å². The summed E-state index contributed by atoms with van der Waals surface area (Å²) in [5.41, 5.74) is 0. The molecular weight excluding hydrogens is 194 g/mol. The van der Waals surface area contributed by atoms with Crippen molar-refractivity contribution in [2.24, 2.45) is 0 Å². The molecule has 4 nitrogen and oxygen atoms in total. The highest BCUT2D eigenvalue weighted by molar-refractivity contribution is 5.83. The Balaban J connectivity index is 4.14. The van der Waals surface area contributed by atoms with Crippen LogP contribution in [0.5, 0.6) is 0 Å². The average molecular weight is 211 g/mol. The van der Waals surface area contributed by atoms with Crippen molar-refractivity contribution in [3.05, 3.63) is 25.3 Å². The lowest BCUT2D eigenvalue weighted by Crippen LogP contribution is -2.35. The van der Waals surface area contributed by atoms with Crippen LogP contribution >= 0.6 is 0 Å². The molecular formula is C11H17NO3. The second kappa shape index (κ2) is 7.79. The molecule has 0 spiro atoms. The third kappa shape index (κ3) is 5.67. The zero-order valence-corrected chi connectivity index (χ0v) is 8.99. The van der Waals surface area contributed by atoms with Gasteiger partial charge in [-0.15, -0.1) is 13.2 Å².